The Labute approximate surface area is 288 Å². The molecule has 14 nitrogen and oxygen atoms in total. The van der Waals surface area contributed by atoms with Crippen LogP contribution in [0.25, 0.3) is 0 Å². The first-order chi connectivity index (χ1) is 22.5. The van der Waals surface area contributed by atoms with E-state index in [9.17, 15) is 29.8 Å². The van der Waals surface area contributed by atoms with Gasteiger partial charge < -0.3 is 10.6 Å². The van der Waals surface area contributed by atoms with E-state index in [0.29, 0.717) is 32.8 Å². The fourth-order valence-electron chi connectivity index (χ4n) is 4.17. The molecule has 0 fully saturated rings. The van der Waals surface area contributed by atoms with Gasteiger partial charge in [0.05, 0.1) is 30.7 Å². The van der Waals surface area contributed by atoms with Crippen LogP contribution in [0.5, 0.6) is 0 Å². The summed E-state index contributed by atoms with van der Waals surface area (Å²) in [6.45, 7) is 9.99. The van der Waals surface area contributed by atoms with Crippen LogP contribution in [0.15, 0.2) is 85.6 Å². The normalized spacial score (nSPS) is 10.8. The smallest absolute Gasteiger partial charge is 0.298 e. The molecule has 2 N–H and O–H groups in total. The van der Waals surface area contributed by atoms with Gasteiger partial charge in [-0.1, -0.05) is 23.7 Å². The molecule has 4 aromatic carbocycles. The zero-order chi connectivity index (χ0) is 35.7. The van der Waals surface area contributed by atoms with Crippen molar-refractivity contribution in [3.63, 3.8) is 0 Å². The van der Waals surface area contributed by atoms with Gasteiger partial charge in [-0.25, -0.2) is 0 Å². The molecule has 48 heavy (non-hydrogen) atoms. The highest BCUT2D eigenvalue weighted by molar-refractivity contribution is 9.10. The minimum absolute atomic E-state index is 0.0263. The Morgan fingerprint density at radius 1 is 0.646 bits per heavy atom. The van der Waals surface area contributed by atoms with Gasteiger partial charge in [-0.2, -0.15) is 0 Å². The summed E-state index contributed by atoms with van der Waals surface area (Å²) in [5, 5.41) is 43.9. The largest absolute Gasteiger partial charge is 0.324 e. The minimum atomic E-state index is -0.558. The van der Waals surface area contributed by atoms with Crippen LogP contribution in [-0.2, 0) is 9.59 Å². The standard InChI is InChI=1S/C16H15BrN4O3.C16H15ClN4O3/c2*1-9-4-5-13(14(7-9)18-11(3)22)19-20-16-12(17)6-10(2)8-15(16)21(23)24/h2*4-8H,1-3H3,(H,18,22). The number of azo groups is 2. The Balaban J connectivity index is 0.000000260. The number of hydrogen-bond acceptors (Lipinski definition) is 10. The second-order valence-corrected chi connectivity index (χ2v) is 11.8. The molecular weight excluding hydrogens is 708 g/mol. The van der Waals surface area contributed by atoms with Gasteiger partial charge in [0.25, 0.3) is 11.4 Å². The van der Waals surface area contributed by atoms with Crippen molar-refractivity contribution < 1.29 is 19.4 Å². The Morgan fingerprint density at radius 2 is 1.06 bits per heavy atom. The number of carbonyl (C=O) groups is 2. The topological polar surface area (TPSA) is 194 Å². The lowest BCUT2D eigenvalue weighted by Gasteiger charge is -2.07. The van der Waals surface area contributed by atoms with Crippen molar-refractivity contribution in [3.8, 4) is 0 Å². The number of amides is 2. The van der Waals surface area contributed by atoms with Crippen LogP contribution in [-0.4, -0.2) is 21.7 Å². The van der Waals surface area contributed by atoms with Crippen molar-refractivity contribution in [1.82, 2.24) is 0 Å². The summed E-state index contributed by atoms with van der Waals surface area (Å²) < 4.78 is 0.478. The zero-order valence-electron chi connectivity index (χ0n) is 26.7. The highest BCUT2D eigenvalue weighted by Gasteiger charge is 2.19. The number of nitro benzene ring substituents is 2. The molecule has 4 rings (SSSR count). The summed E-state index contributed by atoms with van der Waals surface area (Å²) in [4.78, 5) is 43.9. The van der Waals surface area contributed by atoms with E-state index in [-0.39, 0.29) is 39.6 Å². The molecule has 0 saturated carbocycles. The third-order valence-corrected chi connectivity index (χ3v) is 7.10. The van der Waals surface area contributed by atoms with Gasteiger partial charge in [-0.3, -0.25) is 29.8 Å². The molecule has 0 heterocycles. The highest BCUT2D eigenvalue weighted by Crippen LogP contribution is 2.39. The van der Waals surface area contributed by atoms with Gasteiger partial charge in [0.2, 0.25) is 11.8 Å². The minimum Gasteiger partial charge on any atom is -0.324 e. The Bertz CT molecular complexity index is 1840. The lowest BCUT2D eigenvalue weighted by atomic mass is 10.2. The van der Waals surface area contributed by atoms with Crippen LogP contribution in [0, 0.1) is 47.9 Å². The maximum atomic E-state index is 11.3. The molecule has 248 valence electrons. The van der Waals surface area contributed by atoms with Crippen LogP contribution in [0.3, 0.4) is 0 Å². The van der Waals surface area contributed by atoms with Crippen molar-refractivity contribution in [2.75, 3.05) is 10.6 Å². The van der Waals surface area contributed by atoms with Crippen LogP contribution >= 0.6 is 27.5 Å². The molecule has 0 radical (unpaired) electrons. The molecule has 16 heteroatoms. The maximum Gasteiger partial charge on any atom is 0.298 e. The van der Waals surface area contributed by atoms with E-state index in [2.05, 4.69) is 47.0 Å². The van der Waals surface area contributed by atoms with E-state index in [1.54, 1.807) is 56.3 Å². The average molecular weight is 738 g/mol. The van der Waals surface area contributed by atoms with Crippen LogP contribution in [0.2, 0.25) is 5.02 Å². The lowest BCUT2D eigenvalue weighted by molar-refractivity contribution is -0.384. The molecule has 0 unspecified atom stereocenters. The van der Waals surface area contributed by atoms with Gasteiger partial charge in [0.15, 0.2) is 11.4 Å². The molecule has 0 atom stereocenters. The van der Waals surface area contributed by atoms with E-state index in [0.717, 1.165) is 16.7 Å². The number of halogens is 2. The summed E-state index contributed by atoms with van der Waals surface area (Å²) in [6.07, 6.45) is 0. The number of benzene rings is 4. The third kappa shape index (κ3) is 10.3. The summed E-state index contributed by atoms with van der Waals surface area (Å²) in [7, 11) is 0. The van der Waals surface area contributed by atoms with Crippen molar-refractivity contribution in [2.24, 2.45) is 20.5 Å². The number of nitro groups is 2. The summed E-state index contributed by atoms with van der Waals surface area (Å²) in [5.74, 6) is -0.490. The Morgan fingerprint density at radius 3 is 1.50 bits per heavy atom. The second kappa shape index (κ2) is 16.4. The number of nitrogens with one attached hydrogen (secondary N) is 2. The molecule has 0 bridgehead atoms. The number of nitrogens with zero attached hydrogens (tertiary/aromatic N) is 6. The summed E-state index contributed by atoms with van der Waals surface area (Å²) in [6, 6.07) is 16.6. The molecule has 0 aliphatic carbocycles. The third-order valence-electron chi connectivity index (χ3n) is 6.21. The number of rotatable bonds is 8. The van der Waals surface area contributed by atoms with Crippen molar-refractivity contribution in [1.29, 1.82) is 0 Å². The fraction of sp³-hybridized carbons (Fsp3) is 0.188. The van der Waals surface area contributed by atoms with Gasteiger partial charge in [-0.15, -0.1) is 20.5 Å². The number of aryl methyl sites for hydroxylation is 4. The van der Waals surface area contributed by atoms with Crippen LogP contribution in [0.4, 0.5) is 45.5 Å². The first-order valence-electron chi connectivity index (χ1n) is 14.0. The predicted molar refractivity (Wildman–Crippen MR) is 188 cm³/mol. The number of hydrogen-bond donors (Lipinski definition) is 2. The summed E-state index contributed by atoms with van der Waals surface area (Å²) >= 11 is 9.35. The molecular formula is C32H30BrClN8O6. The first-order valence-corrected chi connectivity index (χ1v) is 15.2. The lowest BCUT2D eigenvalue weighted by Crippen LogP contribution is -2.05. The van der Waals surface area contributed by atoms with E-state index < -0.39 is 9.85 Å². The SMILES string of the molecule is CC(=O)Nc1cc(C)ccc1N=Nc1c(Br)cc(C)cc1[N+](=O)[O-].CC(=O)Nc1cc(C)ccc1N=Nc1c(Cl)cc(C)cc1[N+](=O)[O-]. The van der Waals surface area contributed by atoms with Crippen molar-refractivity contribution in [3.05, 3.63) is 113 Å². The molecule has 0 saturated heterocycles. The Kier molecular flexibility index (Phi) is 12.7. The van der Waals surface area contributed by atoms with Gasteiger partial charge in [0.1, 0.15) is 11.4 Å². The van der Waals surface area contributed by atoms with Gasteiger partial charge in [-0.05, 0) is 102 Å². The number of anilines is 2. The first kappa shape index (κ1) is 37.1. The summed E-state index contributed by atoms with van der Waals surface area (Å²) in [5.41, 5.74) is 4.75. The van der Waals surface area contributed by atoms with E-state index in [4.69, 9.17) is 11.6 Å². The average Bonchev–Trinajstić information content (AvgIpc) is 2.97. The Hall–Kier alpha value is -5.41. The second-order valence-electron chi connectivity index (χ2n) is 10.5. The quantitative estimate of drug-likeness (QED) is 0.102. The number of carbonyl (C=O) groups excluding carboxylic acids is 2. The molecule has 0 spiro atoms. The maximum absolute atomic E-state index is 11.3. The van der Waals surface area contributed by atoms with Gasteiger partial charge in [0, 0.05) is 26.0 Å². The molecule has 2 amide bonds. The predicted octanol–water partition coefficient (Wildman–Crippen LogP) is 10.6. The molecule has 4 aromatic rings. The zero-order valence-corrected chi connectivity index (χ0v) is 29.0. The molecule has 0 aliphatic heterocycles. The van der Waals surface area contributed by atoms with E-state index in [1.165, 1.54) is 26.0 Å². The molecule has 0 aliphatic rings. The van der Waals surface area contributed by atoms with Crippen LogP contribution in [0.1, 0.15) is 36.1 Å². The van der Waals surface area contributed by atoms with Crippen molar-refractivity contribution >= 4 is 84.8 Å². The van der Waals surface area contributed by atoms with Crippen molar-refractivity contribution in [2.45, 2.75) is 41.5 Å². The highest BCUT2D eigenvalue weighted by atomic mass is 79.9. The van der Waals surface area contributed by atoms with E-state index >= 15 is 0 Å². The fourth-order valence-corrected chi connectivity index (χ4v) is 5.12. The van der Waals surface area contributed by atoms with Gasteiger partial charge >= 0.3 is 0 Å². The molecule has 0 aromatic heterocycles. The van der Waals surface area contributed by atoms with Crippen LogP contribution < -0.4 is 10.6 Å². The van der Waals surface area contributed by atoms with E-state index in [1.807, 2.05) is 19.9 Å². The monoisotopic (exact) mass is 736 g/mol.